The van der Waals surface area contributed by atoms with E-state index in [4.69, 9.17) is 27.9 Å². The van der Waals surface area contributed by atoms with Gasteiger partial charge in [-0.2, -0.15) is 0 Å². The average molecular weight is 339 g/mol. The molecule has 2 aromatic rings. The molecule has 116 valence electrons. The summed E-state index contributed by atoms with van der Waals surface area (Å²) in [5.41, 5.74) is 1.26. The Bertz CT molecular complexity index is 647. The van der Waals surface area contributed by atoms with E-state index in [1.165, 1.54) is 6.20 Å². The lowest BCUT2D eigenvalue weighted by Gasteiger charge is -2.24. The molecular formula is C16H16Cl2N2O2. The van der Waals surface area contributed by atoms with Gasteiger partial charge >= 0.3 is 0 Å². The summed E-state index contributed by atoms with van der Waals surface area (Å²) in [6, 6.07) is 10.4. The van der Waals surface area contributed by atoms with E-state index < -0.39 is 0 Å². The van der Waals surface area contributed by atoms with Crippen molar-refractivity contribution in [1.29, 1.82) is 0 Å². The van der Waals surface area contributed by atoms with Crippen molar-refractivity contribution in [2.45, 2.75) is 19.1 Å². The molecule has 1 heterocycles. The monoisotopic (exact) mass is 338 g/mol. The highest BCUT2D eigenvalue weighted by atomic mass is 35.5. The zero-order valence-corrected chi connectivity index (χ0v) is 13.7. The van der Waals surface area contributed by atoms with Crippen LogP contribution in [0, 0.1) is 0 Å². The van der Waals surface area contributed by atoms with Crippen molar-refractivity contribution in [1.82, 2.24) is 10.3 Å². The van der Waals surface area contributed by atoms with E-state index in [1.807, 2.05) is 19.1 Å². The molecule has 0 aliphatic rings. The molecular weight excluding hydrogens is 323 g/mol. The third kappa shape index (κ3) is 3.97. The summed E-state index contributed by atoms with van der Waals surface area (Å²) in [6.45, 7) is 1.87. The van der Waals surface area contributed by atoms with Crippen LogP contribution in [0.2, 0.25) is 10.2 Å². The molecule has 0 fully saturated rings. The fraction of sp³-hybridized carbons (Fsp3) is 0.250. The van der Waals surface area contributed by atoms with Gasteiger partial charge in [0, 0.05) is 18.3 Å². The molecule has 2 rings (SSSR count). The van der Waals surface area contributed by atoms with Gasteiger partial charge in [0.1, 0.15) is 11.3 Å². The minimum atomic E-state index is -0.295. The standard InChI is InChI=1S/C16H16Cl2N2O2/c1-10(14(22-2)11-5-7-12(17)8-6-11)20-16(21)13-4-3-9-19-15(13)18/h3-10,14H,1-2H3,(H,20,21)/t10-,14+/m1/s1. The number of halogens is 2. The first-order valence-corrected chi connectivity index (χ1v) is 7.48. The first-order chi connectivity index (χ1) is 10.5. The number of ether oxygens (including phenoxy) is 1. The molecule has 4 nitrogen and oxygen atoms in total. The van der Waals surface area contributed by atoms with Crippen LogP contribution in [0.15, 0.2) is 42.6 Å². The van der Waals surface area contributed by atoms with Crippen LogP contribution in [-0.2, 0) is 4.74 Å². The maximum atomic E-state index is 12.3. The number of methoxy groups -OCH3 is 1. The predicted octanol–water partition coefficient (Wildman–Crippen LogP) is 3.89. The molecule has 0 saturated heterocycles. The Balaban J connectivity index is 2.12. The minimum Gasteiger partial charge on any atom is -0.375 e. The van der Waals surface area contributed by atoms with E-state index >= 15 is 0 Å². The van der Waals surface area contributed by atoms with Gasteiger partial charge in [0.25, 0.3) is 5.91 Å². The number of carbonyl (C=O) groups is 1. The molecule has 0 bridgehead atoms. The molecule has 2 atom stereocenters. The number of aromatic nitrogens is 1. The molecule has 6 heteroatoms. The van der Waals surface area contributed by atoms with Crippen molar-refractivity contribution in [3.63, 3.8) is 0 Å². The molecule has 0 unspecified atom stereocenters. The Morgan fingerprint density at radius 1 is 1.23 bits per heavy atom. The SMILES string of the molecule is CO[C@H](c1ccc(Cl)cc1)[C@@H](C)NC(=O)c1cccnc1Cl. The van der Waals surface area contributed by atoms with Crippen LogP contribution in [0.4, 0.5) is 0 Å². The number of benzene rings is 1. The van der Waals surface area contributed by atoms with Crippen molar-refractivity contribution in [3.8, 4) is 0 Å². The predicted molar refractivity (Wildman–Crippen MR) is 87.4 cm³/mol. The minimum absolute atomic E-state index is 0.174. The largest absolute Gasteiger partial charge is 0.375 e. The summed E-state index contributed by atoms with van der Waals surface area (Å²) < 4.78 is 5.50. The lowest BCUT2D eigenvalue weighted by molar-refractivity contribution is 0.0645. The van der Waals surface area contributed by atoms with Gasteiger partial charge in [-0.1, -0.05) is 35.3 Å². The van der Waals surface area contributed by atoms with E-state index in [2.05, 4.69) is 10.3 Å². The smallest absolute Gasteiger partial charge is 0.254 e. The fourth-order valence-electron chi connectivity index (χ4n) is 2.20. The van der Waals surface area contributed by atoms with Crippen LogP contribution < -0.4 is 5.32 Å². The van der Waals surface area contributed by atoms with Gasteiger partial charge in [-0.05, 0) is 36.8 Å². The summed E-state index contributed by atoms with van der Waals surface area (Å²) in [5, 5.41) is 3.70. The zero-order valence-electron chi connectivity index (χ0n) is 12.2. The molecule has 1 amide bonds. The number of nitrogens with one attached hydrogen (secondary N) is 1. The molecule has 22 heavy (non-hydrogen) atoms. The van der Waals surface area contributed by atoms with E-state index in [-0.39, 0.29) is 23.2 Å². The average Bonchev–Trinajstić information content (AvgIpc) is 2.50. The highest BCUT2D eigenvalue weighted by Crippen LogP contribution is 2.23. The van der Waals surface area contributed by atoms with Crippen molar-refractivity contribution >= 4 is 29.1 Å². The van der Waals surface area contributed by atoms with E-state index in [9.17, 15) is 4.79 Å². The molecule has 0 saturated carbocycles. The number of carbonyl (C=O) groups excluding carboxylic acids is 1. The van der Waals surface area contributed by atoms with Crippen LogP contribution in [0.25, 0.3) is 0 Å². The Labute approximate surface area is 139 Å². The lowest BCUT2D eigenvalue weighted by Crippen LogP contribution is -2.38. The second-order valence-electron chi connectivity index (χ2n) is 4.81. The summed E-state index contributed by atoms with van der Waals surface area (Å²) in [5.74, 6) is -0.290. The van der Waals surface area contributed by atoms with Crippen LogP contribution in [0.3, 0.4) is 0 Å². The normalized spacial score (nSPS) is 13.5. The quantitative estimate of drug-likeness (QED) is 0.841. The van der Waals surface area contributed by atoms with Gasteiger partial charge in [0.15, 0.2) is 0 Å². The fourth-order valence-corrected chi connectivity index (χ4v) is 2.53. The molecule has 0 aliphatic carbocycles. The second kappa shape index (κ2) is 7.58. The first-order valence-electron chi connectivity index (χ1n) is 6.72. The summed E-state index contributed by atoms with van der Waals surface area (Å²) in [6.07, 6.45) is 1.24. The van der Waals surface area contributed by atoms with E-state index in [1.54, 1.807) is 31.4 Å². The van der Waals surface area contributed by atoms with E-state index in [0.29, 0.717) is 10.6 Å². The van der Waals surface area contributed by atoms with Gasteiger partial charge in [-0.3, -0.25) is 4.79 Å². The van der Waals surface area contributed by atoms with Gasteiger partial charge in [-0.15, -0.1) is 0 Å². The number of nitrogens with zero attached hydrogens (tertiary/aromatic N) is 1. The summed E-state index contributed by atoms with van der Waals surface area (Å²) in [4.78, 5) is 16.2. The molecule has 0 spiro atoms. The maximum Gasteiger partial charge on any atom is 0.254 e. The van der Waals surface area contributed by atoms with Crippen molar-refractivity contribution in [3.05, 3.63) is 63.9 Å². The van der Waals surface area contributed by atoms with Gasteiger partial charge in [0.05, 0.1) is 11.6 Å². The van der Waals surface area contributed by atoms with Crippen LogP contribution >= 0.6 is 23.2 Å². The third-order valence-electron chi connectivity index (χ3n) is 3.27. The highest BCUT2D eigenvalue weighted by molar-refractivity contribution is 6.32. The zero-order chi connectivity index (χ0) is 16.1. The van der Waals surface area contributed by atoms with E-state index in [0.717, 1.165) is 5.56 Å². The van der Waals surface area contributed by atoms with Crippen LogP contribution in [0.1, 0.15) is 28.9 Å². The Kier molecular flexibility index (Phi) is 5.77. The Morgan fingerprint density at radius 3 is 2.50 bits per heavy atom. The first kappa shape index (κ1) is 16.7. The van der Waals surface area contributed by atoms with Crippen molar-refractivity contribution < 1.29 is 9.53 Å². The molecule has 1 aromatic heterocycles. The molecule has 0 radical (unpaired) electrons. The number of amides is 1. The Hall–Kier alpha value is -1.62. The number of hydrogen-bond donors (Lipinski definition) is 1. The molecule has 0 aliphatic heterocycles. The summed E-state index contributed by atoms with van der Waals surface area (Å²) in [7, 11) is 1.60. The number of pyridine rings is 1. The highest BCUT2D eigenvalue weighted by Gasteiger charge is 2.22. The van der Waals surface area contributed by atoms with Crippen LogP contribution in [0.5, 0.6) is 0 Å². The van der Waals surface area contributed by atoms with Crippen LogP contribution in [-0.4, -0.2) is 24.0 Å². The number of rotatable bonds is 5. The van der Waals surface area contributed by atoms with Crippen molar-refractivity contribution in [2.75, 3.05) is 7.11 Å². The second-order valence-corrected chi connectivity index (χ2v) is 5.61. The van der Waals surface area contributed by atoms with Crippen molar-refractivity contribution in [2.24, 2.45) is 0 Å². The maximum absolute atomic E-state index is 12.3. The van der Waals surface area contributed by atoms with Gasteiger partial charge in [0.2, 0.25) is 0 Å². The molecule has 1 N–H and O–H groups in total. The van der Waals surface area contributed by atoms with Gasteiger partial charge < -0.3 is 10.1 Å². The van der Waals surface area contributed by atoms with Gasteiger partial charge in [-0.25, -0.2) is 4.98 Å². The Morgan fingerprint density at radius 2 is 1.91 bits per heavy atom. The molecule has 1 aromatic carbocycles. The summed E-state index contributed by atoms with van der Waals surface area (Å²) >= 11 is 11.8. The lowest BCUT2D eigenvalue weighted by atomic mass is 10.0. The number of hydrogen-bond acceptors (Lipinski definition) is 3. The third-order valence-corrected chi connectivity index (χ3v) is 3.82. The topological polar surface area (TPSA) is 51.2 Å².